The Hall–Kier alpha value is -3.21. The maximum Gasteiger partial charge on any atom is 0.244 e. The average Bonchev–Trinajstić information content (AvgIpc) is 3.42. The highest BCUT2D eigenvalue weighted by Crippen LogP contribution is 2.38. The highest BCUT2D eigenvalue weighted by atomic mass is 16.5. The van der Waals surface area contributed by atoms with E-state index in [2.05, 4.69) is 5.32 Å². The first-order valence-corrected chi connectivity index (χ1v) is 10.9. The lowest BCUT2D eigenvalue weighted by atomic mass is 9.99. The molecular formula is C26H29NO4. The van der Waals surface area contributed by atoms with Crippen LogP contribution in [-0.4, -0.2) is 25.7 Å². The molecule has 0 aliphatic heterocycles. The third-order valence-electron chi connectivity index (χ3n) is 5.83. The van der Waals surface area contributed by atoms with Gasteiger partial charge in [-0.15, -0.1) is 0 Å². The Labute approximate surface area is 183 Å². The molecule has 1 aromatic heterocycles. The highest BCUT2D eigenvalue weighted by Gasteiger charge is 2.18. The number of hydrogen-bond donors (Lipinski definition) is 1. The zero-order valence-electron chi connectivity index (χ0n) is 18.4. The third-order valence-corrected chi connectivity index (χ3v) is 5.83. The molecule has 1 N–H and O–H groups in total. The van der Waals surface area contributed by atoms with Crippen molar-refractivity contribution in [1.82, 2.24) is 5.32 Å². The summed E-state index contributed by atoms with van der Waals surface area (Å²) in [6.45, 7) is 4.43. The predicted octanol–water partition coefficient (Wildman–Crippen LogP) is 5.97. The molecule has 1 fully saturated rings. The smallest absolute Gasteiger partial charge is 0.244 e. The summed E-state index contributed by atoms with van der Waals surface area (Å²) in [5.41, 5.74) is 4.48. The van der Waals surface area contributed by atoms with Crippen LogP contribution < -0.4 is 14.8 Å². The minimum Gasteiger partial charge on any atom is -0.497 e. The van der Waals surface area contributed by atoms with Crippen LogP contribution in [0.5, 0.6) is 11.5 Å². The Balaban J connectivity index is 1.72. The molecule has 0 unspecified atom stereocenters. The van der Waals surface area contributed by atoms with Gasteiger partial charge in [-0.25, -0.2) is 0 Å². The Kier molecular flexibility index (Phi) is 6.31. The van der Waals surface area contributed by atoms with E-state index in [1.165, 1.54) is 12.8 Å². The monoisotopic (exact) mass is 419 g/mol. The van der Waals surface area contributed by atoms with E-state index in [1.54, 1.807) is 19.4 Å². The summed E-state index contributed by atoms with van der Waals surface area (Å²) in [6.07, 6.45) is 7.93. The summed E-state index contributed by atoms with van der Waals surface area (Å²) >= 11 is 0. The number of carbonyl (C=O) groups is 1. The second kappa shape index (κ2) is 9.29. The van der Waals surface area contributed by atoms with Crippen LogP contribution in [0.1, 0.15) is 45.1 Å². The Morgan fingerprint density at radius 2 is 2.03 bits per heavy atom. The molecule has 31 heavy (non-hydrogen) atoms. The number of fused-ring (bicyclic) bond motifs is 1. The number of hydrogen-bond acceptors (Lipinski definition) is 4. The molecule has 0 saturated heterocycles. The van der Waals surface area contributed by atoms with Crippen molar-refractivity contribution in [2.24, 2.45) is 0 Å². The molecule has 1 saturated carbocycles. The number of carbonyl (C=O) groups excluding carboxylic acids is 1. The van der Waals surface area contributed by atoms with Crippen molar-refractivity contribution in [3.8, 4) is 22.6 Å². The number of rotatable bonds is 7. The molecule has 162 valence electrons. The van der Waals surface area contributed by atoms with Crippen LogP contribution in [-0.2, 0) is 4.79 Å². The summed E-state index contributed by atoms with van der Waals surface area (Å²) in [5, 5.41) is 4.09. The first-order chi connectivity index (χ1) is 15.1. The van der Waals surface area contributed by atoms with Crippen molar-refractivity contribution in [3.63, 3.8) is 0 Å². The standard InChI is InChI=1S/C26H29NO4/c1-4-30-24-15-25-22(23(16-31-25)18-8-7-11-20(13-18)29-3)14-21(24)17(2)12-26(28)27-19-9-5-6-10-19/h7-8,11-16,19H,4-6,9-10H2,1-3H3,(H,27,28)/b17-12+. The normalized spacial score (nSPS) is 14.7. The number of methoxy groups -OCH3 is 1. The number of benzene rings is 2. The maximum absolute atomic E-state index is 12.6. The van der Waals surface area contributed by atoms with Gasteiger partial charge in [0.05, 0.1) is 20.0 Å². The minimum absolute atomic E-state index is 0.0489. The lowest BCUT2D eigenvalue weighted by molar-refractivity contribution is -0.117. The second-order valence-electron chi connectivity index (χ2n) is 7.98. The number of allylic oxidation sites excluding steroid dienone is 1. The van der Waals surface area contributed by atoms with E-state index < -0.39 is 0 Å². The van der Waals surface area contributed by atoms with E-state index in [4.69, 9.17) is 13.9 Å². The minimum atomic E-state index is -0.0489. The maximum atomic E-state index is 12.6. The SMILES string of the molecule is CCOc1cc2occ(-c3cccc(OC)c3)c2cc1/C(C)=C/C(=O)NC1CCCC1. The van der Waals surface area contributed by atoms with Crippen molar-refractivity contribution in [2.45, 2.75) is 45.6 Å². The van der Waals surface area contributed by atoms with Crippen molar-refractivity contribution in [1.29, 1.82) is 0 Å². The second-order valence-corrected chi connectivity index (χ2v) is 7.98. The van der Waals surface area contributed by atoms with E-state index in [1.807, 2.05) is 50.2 Å². The molecule has 0 atom stereocenters. The fourth-order valence-corrected chi connectivity index (χ4v) is 4.24. The van der Waals surface area contributed by atoms with E-state index in [0.29, 0.717) is 18.4 Å². The van der Waals surface area contributed by atoms with Crippen molar-refractivity contribution < 1.29 is 18.7 Å². The zero-order valence-corrected chi connectivity index (χ0v) is 18.4. The molecule has 1 heterocycles. The van der Waals surface area contributed by atoms with Crippen molar-refractivity contribution in [3.05, 3.63) is 54.3 Å². The Morgan fingerprint density at radius 1 is 1.23 bits per heavy atom. The molecule has 5 nitrogen and oxygen atoms in total. The van der Waals surface area contributed by atoms with Crippen LogP contribution in [0.2, 0.25) is 0 Å². The van der Waals surface area contributed by atoms with Gasteiger partial charge in [0.15, 0.2) is 0 Å². The van der Waals surface area contributed by atoms with Gasteiger partial charge in [0, 0.05) is 34.7 Å². The van der Waals surface area contributed by atoms with Crippen LogP contribution in [0, 0.1) is 0 Å². The first-order valence-electron chi connectivity index (χ1n) is 10.9. The first kappa shape index (κ1) is 21.0. The summed E-state index contributed by atoms with van der Waals surface area (Å²) in [6, 6.07) is 12.1. The van der Waals surface area contributed by atoms with E-state index in [9.17, 15) is 4.79 Å². The zero-order chi connectivity index (χ0) is 21.8. The van der Waals surface area contributed by atoms with Gasteiger partial charge in [-0.1, -0.05) is 25.0 Å². The molecule has 5 heteroatoms. The summed E-state index contributed by atoms with van der Waals surface area (Å²) in [7, 11) is 1.66. The van der Waals surface area contributed by atoms with Crippen LogP contribution in [0.25, 0.3) is 27.7 Å². The summed E-state index contributed by atoms with van der Waals surface area (Å²) in [4.78, 5) is 12.6. The van der Waals surface area contributed by atoms with Gasteiger partial charge in [-0.05, 0) is 56.0 Å². The molecule has 0 spiro atoms. The summed E-state index contributed by atoms with van der Waals surface area (Å²) in [5.74, 6) is 1.45. The van der Waals surface area contributed by atoms with E-state index in [-0.39, 0.29) is 5.91 Å². The number of nitrogens with one attached hydrogen (secondary N) is 1. The Morgan fingerprint density at radius 3 is 2.77 bits per heavy atom. The van der Waals surface area contributed by atoms with Gasteiger partial charge in [0.2, 0.25) is 5.91 Å². The molecule has 2 aromatic carbocycles. The lowest BCUT2D eigenvalue weighted by Crippen LogP contribution is -2.31. The molecular weight excluding hydrogens is 390 g/mol. The van der Waals surface area contributed by atoms with Crippen LogP contribution >= 0.6 is 0 Å². The largest absolute Gasteiger partial charge is 0.497 e. The molecule has 4 rings (SSSR count). The lowest BCUT2D eigenvalue weighted by Gasteiger charge is -2.13. The molecule has 1 amide bonds. The van der Waals surface area contributed by atoms with Crippen molar-refractivity contribution >= 4 is 22.4 Å². The highest BCUT2D eigenvalue weighted by molar-refractivity contribution is 6.00. The number of ether oxygens (including phenoxy) is 2. The van der Waals surface area contributed by atoms with Gasteiger partial charge in [0.25, 0.3) is 0 Å². The van der Waals surface area contributed by atoms with Gasteiger partial charge in [-0.3, -0.25) is 4.79 Å². The quantitative estimate of drug-likeness (QED) is 0.479. The van der Waals surface area contributed by atoms with Crippen LogP contribution in [0.4, 0.5) is 0 Å². The van der Waals surface area contributed by atoms with Gasteiger partial charge in [0.1, 0.15) is 17.1 Å². The van der Waals surface area contributed by atoms with Crippen molar-refractivity contribution in [2.75, 3.05) is 13.7 Å². The van der Waals surface area contributed by atoms with Gasteiger partial charge >= 0.3 is 0 Å². The van der Waals surface area contributed by atoms with E-state index >= 15 is 0 Å². The topological polar surface area (TPSA) is 60.7 Å². The average molecular weight is 420 g/mol. The fourth-order valence-electron chi connectivity index (χ4n) is 4.24. The molecule has 0 bridgehead atoms. The number of amides is 1. The molecule has 3 aromatic rings. The third kappa shape index (κ3) is 4.61. The predicted molar refractivity (Wildman–Crippen MR) is 123 cm³/mol. The Bertz CT molecular complexity index is 1110. The van der Waals surface area contributed by atoms with Crippen LogP contribution in [0.3, 0.4) is 0 Å². The van der Waals surface area contributed by atoms with Gasteiger partial charge in [-0.2, -0.15) is 0 Å². The molecule has 1 aliphatic rings. The molecule has 1 aliphatic carbocycles. The van der Waals surface area contributed by atoms with Crippen LogP contribution in [0.15, 0.2) is 53.2 Å². The van der Waals surface area contributed by atoms with Gasteiger partial charge < -0.3 is 19.2 Å². The summed E-state index contributed by atoms with van der Waals surface area (Å²) < 4.78 is 17.1. The van der Waals surface area contributed by atoms with E-state index in [0.717, 1.165) is 51.8 Å². The number of furan rings is 1. The molecule has 0 radical (unpaired) electrons. The fraction of sp³-hybridized carbons (Fsp3) is 0.346.